The molecule has 0 aliphatic heterocycles. The second-order valence-corrected chi connectivity index (χ2v) is 2.16. The number of aliphatic hydroxyl groups is 2. The van der Waals surface area contributed by atoms with Crippen LogP contribution < -0.4 is 0 Å². The monoisotopic (exact) mass is 122 g/mol. The molecule has 7 heavy (non-hydrogen) atoms. The minimum absolute atomic E-state index is 0.336. The van der Waals surface area contributed by atoms with Gasteiger partial charge in [-0.05, 0) is 6.92 Å². The Morgan fingerprint density at radius 3 is 2.00 bits per heavy atom. The van der Waals surface area contributed by atoms with E-state index in [1.165, 1.54) is 0 Å². The normalized spacial score (nSPS) is 18.9. The number of hydrogen-bond acceptors (Lipinski definition) is 3. The van der Waals surface area contributed by atoms with E-state index in [0.29, 0.717) is 6.42 Å². The van der Waals surface area contributed by atoms with Crippen LogP contribution in [0.1, 0.15) is 13.3 Å². The Kier molecular flexibility index (Phi) is 3.42. The number of rotatable bonds is 2. The zero-order valence-corrected chi connectivity index (χ0v) is 5.10. The van der Waals surface area contributed by atoms with Gasteiger partial charge in [0.05, 0.1) is 11.5 Å². The zero-order chi connectivity index (χ0) is 5.86. The molecule has 0 aromatic carbocycles. The molecule has 0 aromatic heterocycles. The SMILES string of the molecule is CC(O)CC(O)S. The Morgan fingerprint density at radius 1 is 1.57 bits per heavy atom. The van der Waals surface area contributed by atoms with Gasteiger partial charge in [0.1, 0.15) is 0 Å². The lowest BCUT2D eigenvalue weighted by atomic mass is 10.3. The van der Waals surface area contributed by atoms with Gasteiger partial charge in [0.15, 0.2) is 0 Å². The van der Waals surface area contributed by atoms with E-state index in [-0.39, 0.29) is 0 Å². The van der Waals surface area contributed by atoms with E-state index in [2.05, 4.69) is 12.6 Å². The van der Waals surface area contributed by atoms with Crippen molar-refractivity contribution in [3.05, 3.63) is 0 Å². The summed E-state index contributed by atoms with van der Waals surface area (Å²) < 4.78 is 0. The first-order valence-corrected chi connectivity index (χ1v) is 2.68. The molecule has 0 amide bonds. The van der Waals surface area contributed by atoms with Gasteiger partial charge < -0.3 is 10.2 Å². The molecule has 0 aliphatic rings. The largest absolute Gasteiger partial charge is 0.393 e. The van der Waals surface area contributed by atoms with E-state index in [0.717, 1.165) is 0 Å². The fraction of sp³-hybridized carbons (Fsp3) is 1.00. The molecular weight excluding hydrogens is 112 g/mol. The molecule has 0 aliphatic carbocycles. The van der Waals surface area contributed by atoms with Crippen molar-refractivity contribution in [1.82, 2.24) is 0 Å². The second-order valence-electron chi connectivity index (χ2n) is 1.57. The van der Waals surface area contributed by atoms with Crippen molar-refractivity contribution >= 4 is 12.6 Å². The van der Waals surface area contributed by atoms with Crippen molar-refractivity contribution in [1.29, 1.82) is 0 Å². The minimum Gasteiger partial charge on any atom is -0.393 e. The predicted octanol–water partition coefficient (Wildman–Crippen LogP) is 0.00550. The molecule has 3 heteroatoms. The smallest absolute Gasteiger partial charge is 0.0989 e. The van der Waals surface area contributed by atoms with Gasteiger partial charge in [-0.15, -0.1) is 12.6 Å². The highest BCUT2D eigenvalue weighted by Crippen LogP contribution is 1.98. The van der Waals surface area contributed by atoms with E-state index in [4.69, 9.17) is 10.2 Å². The van der Waals surface area contributed by atoms with Crippen LogP contribution in [-0.4, -0.2) is 21.8 Å². The lowest BCUT2D eigenvalue weighted by molar-refractivity contribution is 0.136. The van der Waals surface area contributed by atoms with Gasteiger partial charge in [-0.1, -0.05) is 0 Å². The van der Waals surface area contributed by atoms with Crippen LogP contribution in [0.5, 0.6) is 0 Å². The Morgan fingerprint density at radius 2 is 2.00 bits per heavy atom. The van der Waals surface area contributed by atoms with Crippen LogP contribution in [0.25, 0.3) is 0 Å². The summed E-state index contributed by atoms with van der Waals surface area (Å²) >= 11 is 3.63. The van der Waals surface area contributed by atoms with Gasteiger partial charge in [0.2, 0.25) is 0 Å². The van der Waals surface area contributed by atoms with Crippen LogP contribution in [-0.2, 0) is 0 Å². The van der Waals surface area contributed by atoms with Crippen molar-refractivity contribution in [2.75, 3.05) is 0 Å². The van der Waals surface area contributed by atoms with Gasteiger partial charge in [-0.2, -0.15) is 0 Å². The van der Waals surface area contributed by atoms with Gasteiger partial charge in [0.25, 0.3) is 0 Å². The Bertz CT molecular complexity index is 39.0. The molecule has 0 rings (SSSR count). The van der Waals surface area contributed by atoms with E-state index >= 15 is 0 Å². The summed E-state index contributed by atoms with van der Waals surface area (Å²) in [5.41, 5.74) is -0.681. The first-order chi connectivity index (χ1) is 3.13. The zero-order valence-electron chi connectivity index (χ0n) is 4.20. The highest BCUT2D eigenvalue weighted by molar-refractivity contribution is 7.80. The van der Waals surface area contributed by atoms with Crippen molar-refractivity contribution in [3.8, 4) is 0 Å². The fourth-order valence-electron chi connectivity index (χ4n) is 0.305. The maximum absolute atomic E-state index is 8.51. The molecule has 0 saturated carbocycles. The van der Waals surface area contributed by atoms with Crippen LogP contribution in [0.2, 0.25) is 0 Å². The fourth-order valence-corrected chi connectivity index (χ4v) is 0.610. The average Bonchev–Trinajstić information content (AvgIpc) is 1.27. The third-order valence-electron chi connectivity index (χ3n) is 0.552. The number of thiol groups is 1. The maximum atomic E-state index is 8.51. The molecule has 2 unspecified atom stereocenters. The summed E-state index contributed by atoms with van der Waals surface area (Å²) in [7, 11) is 0. The lowest BCUT2D eigenvalue weighted by Gasteiger charge is -2.03. The van der Waals surface area contributed by atoms with Crippen LogP contribution in [0.15, 0.2) is 0 Å². The van der Waals surface area contributed by atoms with Gasteiger partial charge in [0, 0.05) is 6.42 Å². The highest BCUT2D eigenvalue weighted by Gasteiger charge is 1.99. The second kappa shape index (κ2) is 3.29. The summed E-state index contributed by atoms with van der Waals surface area (Å²) in [4.78, 5) is 0. The third kappa shape index (κ3) is 6.27. The predicted molar refractivity (Wildman–Crippen MR) is 31.3 cm³/mol. The van der Waals surface area contributed by atoms with Gasteiger partial charge >= 0.3 is 0 Å². The maximum Gasteiger partial charge on any atom is 0.0989 e. The minimum atomic E-state index is -0.681. The molecule has 0 aromatic rings. The topological polar surface area (TPSA) is 40.5 Å². The van der Waals surface area contributed by atoms with Crippen molar-refractivity contribution in [2.24, 2.45) is 0 Å². The highest BCUT2D eigenvalue weighted by atomic mass is 32.1. The van der Waals surface area contributed by atoms with Crippen LogP contribution in [0, 0.1) is 0 Å². The third-order valence-corrected chi connectivity index (χ3v) is 0.763. The summed E-state index contributed by atoms with van der Waals surface area (Å²) in [5, 5.41) is 16.9. The quantitative estimate of drug-likeness (QED) is 0.356. The molecular formula is C4H10O2S. The molecule has 44 valence electrons. The van der Waals surface area contributed by atoms with Crippen molar-refractivity contribution < 1.29 is 10.2 Å². The summed E-state index contributed by atoms with van der Waals surface area (Å²) in [6, 6.07) is 0. The van der Waals surface area contributed by atoms with Crippen LogP contribution in [0.4, 0.5) is 0 Å². The Balaban J connectivity index is 2.95. The van der Waals surface area contributed by atoms with Crippen LogP contribution in [0.3, 0.4) is 0 Å². The molecule has 0 heterocycles. The molecule has 0 radical (unpaired) electrons. The summed E-state index contributed by atoms with van der Waals surface area (Å²) in [6.07, 6.45) is -0.115. The lowest BCUT2D eigenvalue weighted by Crippen LogP contribution is -2.08. The molecule has 2 N–H and O–H groups in total. The van der Waals surface area contributed by atoms with Gasteiger partial charge in [-0.3, -0.25) is 0 Å². The van der Waals surface area contributed by atoms with E-state index in [1.54, 1.807) is 6.92 Å². The standard InChI is InChI=1S/C4H10O2S/c1-3(5)2-4(6)7/h3-7H,2H2,1H3. The van der Waals surface area contributed by atoms with Gasteiger partial charge in [-0.25, -0.2) is 0 Å². The number of hydrogen-bond donors (Lipinski definition) is 3. The molecule has 2 atom stereocenters. The first kappa shape index (κ1) is 7.27. The van der Waals surface area contributed by atoms with Crippen molar-refractivity contribution in [2.45, 2.75) is 24.9 Å². The summed E-state index contributed by atoms with van der Waals surface area (Å²) in [5.74, 6) is 0. The Labute approximate surface area is 48.6 Å². The van der Waals surface area contributed by atoms with E-state index in [9.17, 15) is 0 Å². The molecule has 0 spiro atoms. The Hall–Kier alpha value is 0.270. The van der Waals surface area contributed by atoms with Crippen molar-refractivity contribution in [3.63, 3.8) is 0 Å². The first-order valence-electron chi connectivity index (χ1n) is 2.17. The van der Waals surface area contributed by atoms with E-state index < -0.39 is 11.5 Å². The number of aliphatic hydroxyl groups excluding tert-OH is 2. The average molecular weight is 122 g/mol. The molecule has 0 saturated heterocycles. The molecule has 0 fully saturated rings. The molecule has 0 bridgehead atoms. The van der Waals surface area contributed by atoms with Crippen LogP contribution >= 0.6 is 12.6 Å². The molecule has 2 nitrogen and oxygen atoms in total. The summed E-state index contributed by atoms with van der Waals surface area (Å²) in [6.45, 7) is 1.61. The van der Waals surface area contributed by atoms with E-state index in [1.807, 2.05) is 0 Å².